The van der Waals surface area contributed by atoms with Crippen molar-refractivity contribution in [2.45, 2.75) is 5.03 Å². The molecule has 5 nitrogen and oxygen atoms in total. The van der Waals surface area contributed by atoms with E-state index in [1.165, 1.54) is 16.7 Å². The van der Waals surface area contributed by atoms with Crippen LogP contribution in [0.15, 0.2) is 53.7 Å². The summed E-state index contributed by atoms with van der Waals surface area (Å²) >= 11 is 1.36. The lowest BCUT2D eigenvalue weighted by molar-refractivity contribution is -0.113. The van der Waals surface area contributed by atoms with Gasteiger partial charge in [-0.15, -0.1) is 0 Å². The van der Waals surface area contributed by atoms with E-state index in [1.54, 1.807) is 44.6 Å². The summed E-state index contributed by atoms with van der Waals surface area (Å²) in [5.74, 6) is 0.0344. The highest BCUT2D eigenvalue weighted by atomic mass is 32.2. The third kappa shape index (κ3) is 4.60. The predicted molar refractivity (Wildman–Crippen MR) is 88.1 cm³/mol. The normalized spacial score (nSPS) is 10.1. The van der Waals surface area contributed by atoms with Crippen molar-refractivity contribution in [2.75, 3.05) is 25.2 Å². The Morgan fingerprint density at radius 3 is 2.68 bits per heavy atom. The molecule has 2 amide bonds. The molecule has 114 valence electrons. The number of thioether (sulfide) groups is 1. The SMILES string of the molecule is CN(C)C(=O)c1cccc(NC(=O)CSc2ccccn2)c1. The van der Waals surface area contributed by atoms with Crippen LogP contribution in [0.1, 0.15) is 10.4 Å². The van der Waals surface area contributed by atoms with E-state index in [1.807, 2.05) is 18.2 Å². The molecule has 2 aromatic rings. The van der Waals surface area contributed by atoms with Gasteiger partial charge in [-0.25, -0.2) is 4.98 Å². The van der Waals surface area contributed by atoms with E-state index in [-0.39, 0.29) is 17.6 Å². The van der Waals surface area contributed by atoms with Gasteiger partial charge in [0.25, 0.3) is 5.91 Å². The molecule has 1 heterocycles. The van der Waals surface area contributed by atoms with Crippen molar-refractivity contribution < 1.29 is 9.59 Å². The molecule has 0 saturated carbocycles. The van der Waals surface area contributed by atoms with E-state index in [0.29, 0.717) is 11.3 Å². The van der Waals surface area contributed by atoms with Gasteiger partial charge in [-0.2, -0.15) is 0 Å². The Morgan fingerprint density at radius 1 is 1.18 bits per heavy atom. The summed E-state index contributed by atoms with van der Waals surface area (Å²) in [6.07, 6.45) is 1.69. The fraction of sp³-hybridized carbons (Fsp3) is 0.188. The molecule has 22 heavy (non-hydrogen) atoms. The molecule has 1 N–H and O–H groups in total. The number of carbonyl (C=O) groups is 2. The number of amides is 2. The molecule has 0 aliphatic rings. The molecule has 1 aromatic carbocycles. The van der Waals surface area contributed by atoms with Gasteiger partial charge in [-0.1, -0.05) is 23.9 Å². The maximum absolute atomic E-state index is 11.9. The van der Waals surface area contributed by atoms with Gasteiger partial charge in [0.05, 0.1) is 10.8 Å². The second-order valence-electron chi connectivity index (χ2n) is 4.79. The standard InChI is InChI=1S/C16H17N3O2S/c1-19(2)16(21)12-6-5-7-13(10-12)18-14(20)11-22-15-8-3-4-9-17-15/h3-10H,11H2,1-2H3,(H,18,20). The van der Waals surface area contributed by atoms with Crippen LogP contribution < -0.4 is 5.32 Å². The van der Waals surface area contributed by atoms with Crippen LogP contribution in [0.3, 0.4) is 0 Å². The summed E-state index contributed by atoms with van der Waals surface area (Å²) in [7, 11) is 3.38. The van der Waals surface area contributed by atoms with Crippen LogP contribution in [0.5, 0.6) is 0 Å². The maximum Gasteiger partial charge on any atom is 0.253 e. The molecule has 1 aromatic heterocycles. The zero-order valence-corrected chi connectivity index (χ0v) is 13.3. The predicted octanol–water partition coefficient (Wildman–Crippen LogP) is 2.51. The van der Waals surface area contributed by atoms with Crippen molar-refractivity contribution in [3.8, 4) is 0 Å². The Balaban J connectivity index is 1.94. The first-order valence-electron chi connectivity index (χ1n) is 6.71. The smallest absolute Gasteiger partial charge is 0.253 e. The monoisotopic (exact) mass is 315 g/mol. The number of rotatable bonds is 5. The molecule has 0 fully saturated rings. The van der Waals surface area contributed by atoms with E-state index in [4.69, 9.17) is 0 Å². The van der Waals surface area contributed by atoms with Gasteiger partial charge in [-0.05, 0) is 30.3 Å². The highest BCUT2D eigenvalue weighted by Gasteiger charge is 2.09. The third-order valence-corrected chi connectivity index (χ3v) is 3.73. The summed E-state index contributed by atoms with van der Waals surface area (Å²) < 4.78 is 0. The van der Waals surface area contributed by atoms with Crippen LogP contribution in [0.4, 0.5) is 5.69 Å². The second kappa shape index (κ2) is 7.61. The number of aromatic nitrogens is 1. The molecule has 2 rings (SSSR count). The van der Waals surface area contributed by atoms with Crippen LogP contribution in [0.2, 0.25) is 0 Å². The molecule has 0 bridgehead atoms. The van der Waals surface area contributed by atoms with Crippen molar-refractivity contribution >= 4 is 29.3 Å². The lowest BCUT2D eigenvalue weighted by Gasteiger charge is -2.11. The number of benzene rings is 1. The summed E-state index contributed by atoms with van der Waals surface area (Å²) in [4.78, 5) is 29.5. The molecule has 0 saturated heterocycles. The van der Waals surface area contributed by atoms with Gasteiger partial charge >= 0.3 is 0 Å². The quantitative estimate of drug-likeness (QED) is 0.861. The van der Waals surface area contributed by atoms with Gasteiger partial charge in [0, 0.05) is 31.5 Å². The largest absolute Gasteiger partial charge is 0.345 e. The van der Waals surface area contributed by atoms with Crippen LogP contribution >= 0.6 is 11.8 Å². The van der Waals surface area contributed by atoms with Gasteiger partial charge in [0.1, 0.15) is 0 Å². The first kappa shape index (κ1) is 16.0. The molecule has 6 heteroatoms. The Hall–Kier alpha value is -2.34. The molecule has 0 aliphatic carbocycles. The minimum atomic E-state index is -0.134. The van der Waals surface area contributed by atoms with Gasteiger partial charge < -0.3 is 10.2 Å². The molecule has 0 unspecified atom stereocenters. The number of nitrogens with zero attached hydrogens (tertiary/aromatic N) is 2. The number of carbonyl (C=O) groups excluding carboxylic acids is 2. The topological polar surface area (TPSA) is 62.3 Å². The minimum Gasteiger partial charge on any atom is -0.345 e. The summed E-state index contributed by atoms with van der Waals surface area (Å²) in [5, 5.41) is 3.59. The molecular weight excluding hydrogens is 298 g/mol. The average Bonchev–Trinajstić information content (AvgIpc) is 2.53. The number of pyridine rings is 1. The van der Waals surface area contributed by atoms with Gasteiger partial charge in [0.2, 0.25) is 5.91 Å². The van der Waals surface area contributed by atoms with Crippen molar-refractivity contribution in [1.29, 1.82) is 0 Å². The fourth-order valence-electron chi connectivity index (χ4n) is 1.76. The van der Waals surface area contributed by atoms with E-state index >= 15 is 0 Å². The van der Waals surface area contributed by atoms with Crippen LogP contribution in [0.25, 0.3) is 0 Å². The van der Waals surface area contributed by atoms with E-state index in [9.17, 15) is 9.59 Å². The second-order valence-corrected chi connectivity index (χ2v) is 5.78. The van der Waals surface area contributed by atoms with Crippen molar-refractivity contribution in [2.24, 2.45) is 0 Å². The van der Waals surface area contributed by atoms with Gasteiger partial charge in [-0.3, -0.25) is 9.59 Å². The number of hydrogen-bond donors (Lipinski definition) is 1. The Labute approximate surface area is 133 Å². The maximum atomic E-state index is 11.9. The number of anilines is 1. The molecule has 0 atom stereocenters. The average molecular weight is 315 g/mol. The Bertz CT molecular complexity index is 659. The first-order chi connectivity index (χ1) is 10.6. The minimum absolute atomic E-state index is 0.0982. The summed E-state index contributed by atoms with van der Waals surface area (Å²) in [6.45, 7) is 0. The van der Waals surface area contributed by atoms with Crippen molar-refractivity contribution in [3.63, 3.8) is 0 Å². The van der Waals surface area contributed by atoms with Gasteiger partial charge in [0.15, 0.2) is 0 Å². The van der Waals surface area contributed by atoms with Crippen LogP contribution in [0, 0.1) is 0 Å². The first-order valence-corrected chi connectivity index (χ1v) is 7.70. The van der Waals surface area contributed by atoms with Crippen molar-refractivity contribution in [1.82, 2.24) is 9.88 Å². The highest BCUT2D eigenvalue weighted by Crippen LogP contribution is 2.16. The summed E-state index contributed by atoms with van der Waals surface area (Å²) in [6, 6.07) is 12.5. The Morgan fingerprint density at radius 2 is 2.00 bits per heavy atom. The molecule has 0 aliphatic heterocycles. The summed E-state index contributed by atoms with van der Waals surface area (Å²) in [5.41, 5.74) is 1.15. The lowest BCUT2D eigenvalue weighted by atomic mass is 10.2. The fourth-order valence-corrected chi connectivity index (χ4v) is 2.42. The zero-order valence-electron chi connectivity index (χ0n) is 12.4. The molecule has 0 spiro atoms. The highest BCUT2D eigenvalue weighted by molar-refractivity contribution is 7.99. The van der Waals surface area contributed by atoms with E-state index in [0.717, 1.165) is 5.03 Å². The molecule has 0 radical (unpaired) electrons. The Kier molecular flexibility index (Phi) is 5.55. The van der Waals surface area contributed by atoms with Crippen LogP contribution in [-0.4, -0.2) is 41.5 Å². The zero-order chi connectivity index (χ0) is 15.9. The third-order valence-electron chi connectivity index (χ3n) is 2.79. The number of hydrogen-bond acceptors (Lipinski definition) is 4. The lowest BCUT2D eigenvalue weighted by Crippen LogP contribution is -2.22. The number of nitrogens with one attached hydrogen (secondary N) is 1. The van der Waals surface area contributed by atoms with Crippen LogP contribution in [-0.2, 0) is 4.79 Å². The van der Waals surface area contributed by atoms with Crippen molar-refractivity contribution in [3.05, 3.63) is 54.2 Å². The molecular formula is C16H17N3O2S. The van der Waals surface area contributed by atoms with E-state index in [2.05, 4.69) is 10.3 Å². The van der Waals surface area contributed by atoms with E-state index < -0.39 is 0 Å².